The van der Waals surface area contributed by atoms with Crippen LogP contribution in [0.1, 0.15) is 36.4 Å². The van der Waals surface area contributed by atoms with Crippen LogP contribution in [-0.4, -0.2) is 28.8 Å². The zero-order valence-corrected chi connectivity index (χ0v) is 16.3. The van der Waals surface area contributed by atoms with Crippen molar-refractivity contribution in [3.05, 3.63) is 83.7 Å². The Kier molecular flexibility index (Phi) is 5.29. The van der Waals surface area contributed by atoms with E-state index in [4.69, 9.17) is 0 Å². The van der Waals surface area contributed by atoms with Crippen molar-refractivity contribution in [2.45, 2.75) is 31.3 Å². The largest absolute Gasteiger partial charge is 0.353 e. The summed E-state index contributed by atoms with van der Waals surface area (Å²) in [6.45, 7) is 2.04. The maximum atomic E-state index is 14.0. The Morgan fingerprint density at radius 2 is 1.93 bits per heavy atom. The number of aliphatic imine (C=N–C) groups is 1. The molecule has 1 aromatic heterocycles. The van der Waals surface area contributed by atoms with Gasteiger partial charge >= 0.3 is 0 Å². The molecule has 0 saturated heterocycles. The molecule has 7 heteroatoms. The van der Waals surface area contributed by atoms with E-state index in [1.165, 1.54) is 18.2 Å². The lowest BCUT2D eigenvalue weighted by atomic mass is 10.1. The van der Waals surface area contributed by atoms with Gasteiger partial charge in [-0.15, -0.1) is 0 Å². The number of nitrogens with one attached hydrogen (secondary N) is 2. The lowest BCUT2D eigenvalue weighted by Crippen LogP contribution is -2.40. The Hall–Kier alpha value is -3.22. The van der Waals surface area contributed by atoms with Crippen LogP contribution in [0, 0.1) is 11.6 Å². The van der Waals surface area contributed by atoms with Crippen molar-refractivity contribution in [3.8, 4) is 5.69 Å². The smallest absolute Gasteiger partial charge is 0.191 e. The van der Waals surface area contributed by atoms with Gasteiger partial charge in [0.05, 0.1) is 11.7 Å². The van der Waals surface area contributed by atoms with E-state index < -0.39 is 11.6 Å². The van der Waals surface area contributed by atoms with Gasteiger partial charge in [-0.3, -0.25) is 4.99 Å². The van der Waals surface area contributed by atoms with Gasteiger partial charge in [0, 0.05) is 37.0 Å². The van der Waals surface area contributed by atoms with E-state index in [0.29, 0.717) is 12.4 Å². The third-order valence-electron chi connectivity index (χ3n) is 5.20. The van der Waals surface area contributed by atoms with E-state index >= 15 is 0 Å². The molecule has 0 bridgehead atoms. The van der Waals surface area contributed by atoms with Gasteiger partial charge in [-0.05, 0) is 49.2 Å². The monoisotopic (exact) mass is 395 g/mol. The molecule has 1 fully saturated rings. The summed E-state index contributed by atoms with van der Waals surface area (Å²) in [5, 5.41) is 10.9. The normalized spacial score (nSPS) is 19.7. The quantitative estimate of drug-likeness (QED) is 0.508. The zero-order valence-electron chi connectivity index (χ0n) is 16.3. The average molecular weight is 395 g/mol. The lowest BCUT2D eigenvalue weighted by molar-refractivity contribution is 0.553. The van der Waals surface area contributed by atoms with Gasteiger partial charge in [0.1, 0.15) is 11.6 Å². The third kappa shape index (κ3) is 4.13. The maximum Gasteiger partial charge on any atom is 0.191 e. The van der Waals surface area contributed by atoms with E-state index in [0.717, 1.165) is 11.3 Å². The number of hydrogen-bond donors (Lipinski definition) is 2. The second kappa shape index (κ2) is 8.03. The van der Waals surface area contributed by atoms with E-state index in [1.54, 1.807) is 17.9 Å². The molecule has 5 nitrogen and oxygen atoms in total. The molecule has 2 N–H and O–H groups in total. The Balaban J connectivity index is 1.41. The molecule has 1 aliphatic carbocycles. The van der Waals surface area contributed by atoms with Crippen molar-refractivity contribution in [1.82, 2.24) is 20.4 Å². The minimum atomic E-state index is -0.494. The topological polar surface area (TPSA) is 54.2 Å². The van der Waals surface area contributed by atoms with E-state index in [1.807, 2.05) is 37.4 Å². The molecule has 150 valence electrons. The molecule has 2 aromatic carbocycles. The predicted molar refractivity (Wildman–Crippen MR) is 109 cm³/mol. The van der Waals surface area contributed by atoms with Crippen molar-refractivity contribution in [2.75, 3.05) is 7.05 Å². The van der Waals surface area contributed by atoms with Crippen LogP contribution in [0.3, 0.4) is 0 Å². The van der Waals surface area contributed by atoms with E-state index in [2.05, 4.69) is 26.8 Å². The van der Waals surface area contributed by atoms with E-state index in [9.17, 15) is 8.78 Å². The summed E-state index contributed by atoms with van der Waals surface area (Å²) in [7, 11) is 1.68. The molecule has 1 heterocycles. The van der Waals surface area contributed by atoms with Crippen molar-refractivity contribution in [3.63, 3.8) is 0 Å². The summed E-state index contributed by atoms with van der Waals surface area (Å²) in [6, 6.07) is 13.9. The lowest BCUT2D eigenvalue weighted by Gasteiger charge is -2.19. The fraction of sp³-hybridized carbons (Fsp3) is 0.273. The predicted octanol–water partition coefficient (Wildman–Crippen LogP) is 3.93. The Morgan fingerprint density at radius 3 is 2.62 bits per heavy atom. The fourth-order valence-electron chi connectivity index (χ4n) is 3.53. The Labute approximate surface area is 168 Å². The highest BCUT2D eigenvalue weighted by atomic mass is 19.1. The van der Waals surface area contributed by atoms with Crippen LogP contribution in [0.2, 0.25) is 0 Å². The van der Waals surface area contributed by atoms with Gasteiger partial charge in [-0.25, -0.2) is 13.5 Å². The van der Waals surface area contributed by atoms with Crippen LogP contribution in [0.5, 0.6) is 0 Å². The number of hydrogen-bond acceptors (Lipinski definition) is 2. The summed E-state index contributed by atoms with van der Waals surface area (Å²) in [5.74, 6) is -0.573. The molecule has 0 aliphatic heterocycles. The molecule has 1 saturated carbocycles. The summed E-state index contributed by atoms with van der Waals surface area (Å²) < 4.78 is 29.8. The van der Waals surface area contributed by atoms with Crippen LogP contribution in [0.4, 0.5) is 8.78 Å². The minimum absolute atomic E-state index is 0.0147. The first kappa shape index (κ1) is 19.1. The van der Waals surface area contributed by atoms with Crippen molar-refractivity contribution in [1.29, 1.82) is 0 Å². The van der Waals surface area contributed by atoms with Crippen molar-refractivity contribution in [2.24, 2.45) is 4.99 Å². The molecule has 29 heavy (non-hydrogen) atoms. The highest BCUT2D eigenvalue weighted by Gasteiger charge is 2.42. The van der Waals surface area contributed by atoms with Crippen LogP contribution >= 0.6 is 0 Å². The van der Waals surface area contributed by atoms with Crippen LogP contribution in [-0.2, 0) is 0 Å². The molecule has 0 spiro atoms. The fourth-order valence-corrected chi connectivity index (χ4v) is 3.53. The number of benzene rings is 2. The third-order valence-corrected chi connectivity index (χ3v) is 5.20. The second-order valence-electron chi connectivity index (χ2n) is 7.21. The number of halogens is 2. The molecule has 3 atom stereocenters. The molecule has 0 amide bonds. The van der Waals surface area contributed by atoms with Gasteiger partial charge in [-0.2, -0.15) is 5.10 Å². The Bertz CT molecular complexity index is 996. The van der Waals surface area contributed by atoms with Crippen molar-refractivity contribution < 1.29 is 8.78 Å². The van der Waals surface area contributed by atoms with Crippen LogP contribution < -0.4 is 10.6 Å². The van der Waals surface area contributed by atoms with E-state index in [-0.39, 0.29) is 23.6 Å². The average Bonchev–Trinajstić information content (AvgIpc) is 3.24. The second-order valence-corrected chi connectivity index (χ2v) is 7.21. The van der Waals surface area contributed by atoms with Gasteiger partial charge in [0.25, 0.3) is 0 Å². The minimum Gasteiger partial charge on any atom is -0.353 e. The highest BCUT2D eigenvalue weighted by molar-refractivity contribution is 5.81. The van der Waals surface area contributed by atoms with Gasteiger partial charge in [0.15, 0.2) is 5.96 Å². The summed E-state index contributed by atoms with van der Waals surface area (Å²) in [6.07, 6.45) is 4.30. The Morgan fingerprint density at radius 1 is 1.17 bits per heavy atom. The first-order chi connectivity index (χ1) is 14.1. The molecule has 0 radical (unpaired) electrons. The number of aromatic nitrogens is 2. The summed E-state index contributed by atoms with van der Waals surface area (Å²) >= 11 is 0. The maximum absolute atomic E-state index is 14.0. The van der Waals surface area contributed by atoms with Crippen LogP contribution in [0.25, 0.3) is 5.69 Å². The molecule has 3 aromatic rings. The summed E-state index contributed by atoms with van der Waals surface area (Å²) in [4.78, 5) is 4.27. The summed E-state index contributed by atoms with van der Waals surface area (Å²) in [5.41, 5.74) is 2.20. The van der Waals surface area contributed by atoms with Crippen LogP contribution in [0.15, 0.2) is 65.9 Å². The van der Waals surface area contributed by atoms with Gasteiger partial charge in [0.2, 0.25) is 0 Å². The van der Waals surface area contributed by atoms with Gasteiger partial charge < -0.3 is 10.6 Å². The number of guanidine groups is 1. The SMILES string of the molecule is CN=C(NC(C)c1cccc(-n2cccn2)c1)NC1CC1c1c(F)cccc1F. The number of nitrogens with zero attached hydrogens (tertiary/aromatic N) is 3. The number of rotatable bonds is 5. The molecule has 3 unspecified atom stereocenters. The standard InChI is InChI=1S/C22H23F2N5/c1-14(15-6-3-7-16(12-15)29-11-5-10-26-29)27-22(25-2)28-20-13-17(20)21-18(23)8-4-9-19(21)24/h3-12,14,17,20H,13H2,1-2H3,(H2,25,27,28). The molecule has 1 aliphatic rings. The van der Waals surface area contributed by atoms with Crippen molar-refractivity contribution >= 4 is 5.96 Å². The highest BCUT2D eigenvalue weighted by Crippen LogP contribution is 2.43. The van der Waals surface area contributed by atoms with Gasteiger partial charge in [-0.1, -0.05) is 18.2 Å². The zero-order chi connectivity index (χ0) is 20.4. The molecular formula is C22H23F2N5. The molecule has 4 rings (SSSR count). The molecular weight excluding hydrogens is 372 g/mol. The first-order valence-electron chi connectivity index (χ1n) is 9.60. The first-order valence-corrected chi connectivity index (χ1v) is 9.60.